The summed E-state index contributed by atoms with van der Waals surface area (Å²) in [6.45, 7) is 1.77. The number of fused-ring (bicyclic) bond motifs is 1. The number of sulfonamides is 1. The number of aromatic nitrogens is 2. The molecule has 2 aromatic rings. The van der Waals surface area contributed by atoms with E-state index in [4.69, 9.17) is 0 Å². The standard InChI is InChI=1S/C10H13N3O2S/c1-7-4-9-8(6-12-13(9)3)5-10(7)16(14,15)11-2/h4-6,11H,1-3H3. The molecular weight excluding hydrogens is 226 g/mol. The molecule has 5 nitrogen and oxygen atoms in total. The van der Waals surface area contributed by atoms with Crippen molar-refractivity contribution >= 4 is 20.9 Å². The first-order valence-electron chi connectivity index (χ1n) is 4.81. The highest BCUT2D eigenvalue weighted by molar-refractivity contribution is 7.89. The van der Waals surface area contributed by atoms with Gasteiger partial charge in [-0.1, -0.05) is 0 Å². The zero-order chi connectivity index (χ0) is 11.9. The first-order chi connectivity index (χ1) is 7.45. The van der Waals surface area contributed by atoms with Gasteiger partial charge in [0.2, 0.25) is 10.0 Å². The number of hydrogen-bond acceptors (Lipinski definition) is 3. The van der Waals surface area contributed by atoms with Crippen LogP contribution < -0.4 is 4.72 Å². The molecule has 0 aliphatic carbocycles. The molecule has 1 heterocycles. The Morgan fingerprint density at radius 1 is 1.38 bits per heavy atom. The van der Waals surface area contributed by atoms with Gasteiger partial charge in [-0.15, -0.1) is 0 Å². The molecule has 0 unspecified atom stereocenters. The van der Waals surface area contributed by atoms with Crippen LogP contribution in [0, 0.1) is 6.92 Å². The van der Waals surface area contributed by atoms with E-state index in [1.54, 1.807) is 23.9 Å². The molecule has 0 bridgehead atoms. The summed E-state index contributed by atoms with van der Waals surface area (Å²) >= 11 is 0. The second-order valence-corrected chi connectivity index (χ2v) is 5.51. The Balaban J connectivity index is 2.78. The first kappa shape index (κ1) is 11.1. The average molecular weight is 239 g/mol. The fraction of sp³-hybridized carbons (Fsp3) is 0.300. The predicted octanol–water partition coefficient (Wildman–Crippen LogP) is 0.790. The van der Waals surface area contributed by atoms with E-state index in [2.05, 4.69) is 9.82 Å². The van der Waals surface area contributed by atoms with E-state index in [1.165, 1.54) is 7.05 Å². The Labute approximate surface area is 94.1 Å². The molecule has 1 aromatic heterocycles. The summed E-state index contributed by atoms with van der Waals surface area (Å²) in [6, 6.07) is 3.47. The minimum absolute atomic E-state index is 0.301. The Hall–Kier alpha value is -1.40. The summed E-state index contributed by atoms with van der Waals surface area (Å²) in [7, 11) is -0.166. The summed E-state index contributed by atoms with van der Waals surface area (Å²) in [6.07, 6.45) is 1.66. The van der Waals surface area contributed by atoms with Crippen LogP contribution in [0.3, 0.4) is 0 Å². The number of hydrogen-bond donors (Lipinski definition) is 1. The lowest BCUT2D eigenvalue weighted by atomic mass is 10.2. The van der Waals surface area contributed by atoms with Crippen molar-refractivity contribution in [3.63, 3.8) is 0 Å². The third-order valence-corrected chi connectivity index (χ3v) is 4.16. The van der Waals surface area contributed by atoms with Crippen LogP contribution in [-0.4, -0.2) is 25.2 Å². The van der Waals surface area contributed by atoms with Crippen molar-refractivity contribution in [1.29, 1.82) is 0 Å². The molecule has 0 aliphatic rings. The van der Waals surface area contributed by atoms with E-state index in [1.807, 2.05) is 13.1 Å². The molecule has 0 aliphatic heterocycles. The van der Waals surface area contributed by atoms with Crippen molar-refractivity contribution in [3.8, 4) is 0 Å². The van der Waals surface area contributed by atoms with E-state index in [0.717, 1.165) is 10.9 Å². The van der Waals surface area contributed by atoms with Gasteiger partial charge < -0.3 is 0 Å². The van der Waals surface area contributed by atoms with E-state index >= 15 is 0 Å². The molecule has 0 atom stereocenters. The molecule has 0 saturated heterocycles. The lowest BCUT2D eigenvalue weighted by Gasteiger charge is -2.06. The maximum atomic E-state index is 11.7. The SMILES string of the molecule is CNS(=O)(=O)c1cc2cnn(C)c2cc1C. The largest absolute Gasteiger partial charge is 0.268 e. The van der Waals surface area contributed by atoms with Gasteiger partial charge in [0, 0.05) is 12.4 Å². The number of nitrogens with zero attached hydrogens (tertiary/aromatic N) is 2. The smallest absolute Gasteiger partial charge is 0.240 e. The van der Waals surface area contributed by atoms with Gasteiger partial charge in [0.15, 0.2) is 0 Å². The lowest BCUT2D eigenvalue weighted by molar-refractivity contribution is 0.588. The fourth-order valence-electron chi connectivity index (χ4n) is 1.68. The molecule has 6 heteroatoms. The highest BCUT2D eigenvalue weighted by Gasteiger charge is 2.16. The molecule has 0 spiro atoms. The molecule has 0 radical (unpaired) electrons. The first-order valence-corrected chi connectivity index (χ1v) is 6.30. The summed E-state index contributed by atoms with van der Waals surface area (Å²) in [5, 5.41) is 4.91. The second kappa shape index (κ2) is 3.57. The summed E-state index contributed by atoms with van der Waals surface area (Å²) in [5.74, 6) is 0. The maximum absolute atomic E-state index is 11.7. The van der Waals surface area contributed by atoms with Crippen molar-refractivity contribution in [2.24, 2.45) is 7.05 Å². The van der Waals surface area contributed by atoms with Crippen LogP contribution in [0.25, 0.3) is 10.9 Å². The van der Waals surface area contributed by atoms with Gasteiger partial charge in [-0.05, 0) is 31.7 Å². The van der Waals surface area contributed by atoms with Crippen LogP contribution >= 0.6 is 0 Å². The van der Waals surface area contributed by atoms with Crippen molar-refractivity contribution < 1.29 is 8.42 Å². The topological polar surface area (TPSA) is 64.0 Å². The van der Waals surface area contributed by atoms with E-state index in [9.17, 15) is 8.42 Å². The van der Waals surface area contributed by atoms with Gasteiger partial charge in [0.25, 0.3) is 0 Å². The number of rotatable bonds is 2. The fourth-order valence-corrected chi connectivity index (χ4v) is 2.67. The molecule has 0 amide bonds. The maximum Gasteiger partial charge on any atom is 0.240 e. The lowest BCUT2D eigenvalue weighted by Crippen LogP contribution is -2.19. The molecular formula is C10H13N3O2S. The summed E-state index contributed by atoms with van der Waals surface area (Å²) in [5.41, 5.74) is 1.64. The second-order valence-electron chi connectivity index (χ2n) is 3.65. The van der Waals surface area contributed by atoms with E-state index in [0.29, 0.717) is 10.5 Å². The Morgan fingerprint density at radius 2 is 2.06 bits per heavy atom. The molecule has 1 N–H and O–H groups in total. The predicted molar refractivity (Wildman–Crippen MR) is 61.7 cm³/mol. The molecule has 2 rings (SSSR count). The molecule has 1 aromatic carbocycles. The summed E-state index contributed by atoms with van der Waals surface area (Å²) < 4.78 is 27.5. The molecule has 86 valence electrons. The van der Waals surface area contributed by atoms with Crippen LogP contribution in [0.5, 0.6) is 0 Å². The van der Waals surface area contributed by atoms with Crippen LogP contribution in [0.1, 0.15) is 5.56 Å². The number of aryl methyl sites for hydroxylation is 2. The van der Waals surface area contributed by atoms with Crippen molar-refractivity contribution in [1.82, 2.24) is 14.5 Å². The minimum atomic E-state index is -3.40. The highest BCUT2D eigenvalue weighted by atomic mass is 32.2. The van der Waals surface area contributed by atoms with Crippen LogP contribution in [0.15, 0.2) is 23.2 Å². The van der Waals surface area contributed by atoms with Crippen LogP contribution in [-0.2, 0) is 17.1 Å². The van der Waals surface area contributed by atoms with Gasteiger partial charge in [0.1, 0.15) is 0 Å². The molecule has 16 heavy (non-hydrogen) atoms. The Bertz CT molecular complexity index is 643. The zero-order valence-corrected chi connectivity index (χ0v) is 10.2. The van der Waals surface area contributed by atoms with Crippen molar-refractivity contribution in [2.75, 3.05) is 7.05 Å². The normalized spacial score (nSPS) is 12.2. The van der Waals surface area contributed by atoms with Gasteiger partial charge >= 0.3 is 0 Å². The van der Waals surface area contributed by atoms with Gasteiger partial charge in [0.05, 0.1) is 16.6 Å². The highest BCUT2D eigenvalue weighted by Crippen LogP contribution is 2.22. The Kier molecular flexibility index (Phi) is 2.47. The monoisotopic (exact) mass is 239 g/mol. The number of nitrogens with one attached hydrogen (secondary N) is 1. The average Bonchev–Trinajstić information content (AvgIpc) is 2.59. The van der Waals surface area contributed by atoms with Crippen molar-refractivity contribution in [2.45, 2.75) is 11.8 Å². The van der Waals surface area contributed by atoms with E-state index in [-0.39, 0.29) is 0 Å². The van der Waals surface area contributed by atoms with Gasteiger partial charge in [-0.3, -0.25) is 4.68 Å². The van der Waals surface area contributed by atoms with Crippen LogP contribution in [0.4, 0.5) is 0 Å². The third kappa shape index (κ3) is 1.60. The van der Waals surface area contributed by atoms with Gasteiger partial charge in [-0.25, -0.2) is 13.1 Å². The van der Waals surface area contributed by atoms with E-state index < -0.39 is 10.0 Å². The summed E-state index contributed by atoms with van der Waals surface area (Å²) in [4.78, 5) is 0.301. The molecule has 0 saturated carbocycles. The Morgan fingerprint density at radius 3 is 2.69 bits per heavy atom. The van der Waals surface area contributed by atoms with Crippen molar-refractivity contribution in [3.05, 3.63) is 23.9 Å². The number of benzene rings is 1. The minimum Gasteiger partial charge on any atom is -0.268 e. The quantitative estimate of drug-likeness (QED) is 0.842. The van der Waals surface area contributed by atoms with Gasteiger partial charge in [-0.2, -0.15) is 5.10 Å². The third-order valence-electron chi connectivity index (χ3n) is 2.60. The zero-order valence-electron chi connectivity index (χ0n) is 9.35. The molecule has 0 fully saturated rings. The van der Waals surface area contributed by atoms with Crippen LogP contribution in [0.2, 0.25) is 0 Å².